The molecular weight excluding hydrogens is 141 g/mol. The maximum absolute atomic E-state index is 10.5. The fourth-order valence-electron chi connectivity index (χ4n) is 0.945. The fourth-order valence-corrected chi connectivity index (χ4v) is 0.945. The first kappa shape index (κ1) is 8.05. The van der Waals surface area contributed by atoms with Gasteiger partial charge < -0.3 is 10.1 Å². The second kappa shape index (κ2) is 3.37. The molecule has 0 aromatic carbocycles. The van der Waals surface area contributed by atoms with Gasteiger partial charge in [0.05, 0.1) is 0 Å². The summed E-state index contributed by atoms with van der Waals surface area (Å²) in [6.45, 7) is 2.44. The number of carboxylic acids is 1. The first-order chi connectivity index (χ1) is 5.24. The Kier molecular flexibility index (Phi) is 2.46. The number of carbonyl (C=O) groups is 1. The molecule has 0 saturated carbocycles. The standard InChI is InChI=1S/C7H9BNO2/c1-8-6-4-5(7(10)11)2-3-9-6/h4H,2-3H2,1H3,(H,10,11). The van der Waals surface area contributed by atoms with Crippen molar-refractivity contribution in [2.45, 2.75) is 13.2 Å². The highest BCUT2D eigenvalue weighted by Gasteiger charge is 2.11. The lowest BCUT2D eigenvalue weighted by Gasteiger charge is -2.07. The Bertz CT molecular complexity index is 233. The van der Waals surface area contributed by atoms with Crippen LogP contribution < -0.4 is 0 Å². The zero-order valence-corrected chi connectivity index (χ0v) is 6.37. The van der Waals surface area contributed by atoms with E-state index in [1.165, 1.54) is 0 Å². The summed E-state index contributed by atoms with van der Waals surface area (Å²) >= 11 is 0. The van der Waals surface area contributed by atoms with E-state index in [1.807, 2.05) is 14.1 Å². The van der Waals surface area contributed by atoms with Gasteiger partial charge in [0.1, 0.15) is 0 Å². The maximum atomic E-state index is 10.5. The minimum atomic E-state index is -0.834. The normalized spacial score (nSPS) is 16.8. The van der Waals surface area contributed by atoms with E-state index < -0.39 is 5.97 Å². The van der Waals surface area contributed by atoms with Crippen LogP contribution in [0.2, 0.25) is 6.82 Å². The number of dihydropyridines is 1. The Morgan fingerprint density at radius 2 is 2.55 bits per heavy atom. The average Bonchev–Trinajstić information content (AvgIpc) is 2.05. The number of hydrogen-bond donors (Lipinski definition) is 1. The van der Waals surface area contributed by atoms with Gasteiger partial charge in [0.25, 0.3) is 0 Å². The van der Waals surface area contributed by atoms with Crippen LogP contribution in [0, 0.1) is 0 Å². The molecule has 0 aliphatic carbocycles. The Labute approximate surface area is 66.1 Å². The molecule has 1 rings (SSSR count). The van der Waals surface area contributed by atoms with Gasteiger partial charge in [-0.1, -0.05) is 6.82 Å². The van der Waals surface area contributed by atoms with Gasteiger partial charge in [0.15, 0.2) is 7.28 Å². The zero-order chi connectivity index (χ0) is 8.27. The van der Waals surface area contributed by atoms with Crippen molar-refractivity contribution in [3.8, 4) is 0 Å². The smallest absolute Gasteiger partial charge is 0.331 e. The molecule has 0 bridgehead atoms. The quantitative estimate of drug-likeness (QED) is 0.584. The molecule has 0 aromatic heterocycles. The van der Waals surface area contributed by atoms with Gasteiger partial charge in [0.2, 0.25) is 0 Å². The van der Waals surface area contributed by atoms with Gasteiger partial charge in [-0.05, 0) is 18.1 Å². The topological polar surface area (TPSA) is 49.7 Å². The molecule has 0 fully saturated rings. The van der Waals surface area contributed by atoms with Crippen molar-refractivity contribution in [1.29, 1.82) is 0 Å². The minimum Gasteiger partial charge on any atom is -0.478 e. The Balaban J connectivity index is 2.76. The monoisotopic (exact) mass is 150 g/mol. The van der Waals surface area contributed by atoms with Crippen molar-refractivity contribution in [2.24, 2.45) is 4.99 Å². The summed E-state index contributed by atoms with van der Waals surface area (Å²) in [6.07, 6.45) is 2.17. The third-order valence-electron chi connectivity index (χ3n) is 1.57. The van der Waals surface area contributed by atoms with Crippen LogP contribution in [0.5, 0.6) is 0 Å². The molecule has 1 aliphatic heterocycles. The third-order valence-corrected chi connectivity index (χ3v) is 1.57. The number of allylic oxidation sites excluding steroid dienone is 1. The lowest BCUT2D eigenvalue weighted by Crippen LogP contribution is -2.14. The molecule has 57 valence electrons. The summed E-state index contributed by atoms with van der Waals surface area (Å²) < 4.78 is 0. The Morgan fingerprint density at radius 1 is 1.82 bits per heavy atom. The summed E-state index contributed by atoms with van der Waals surface area (Å²) in [5, 5.41) is 8.61. The largest absolute Gasteiger partial charge is 0.478 e. The van der Waals surface area contributed by atoms with E-state index in [9.17, 15) is 4.79 Å². The molecule has 1 radical (unpaired) electrons. The molecule has 0 saturated heterocycles. The summed E-state index contributed by atoms with van der Waals surface area (Å²) in [7, 11) is 1.81. The number of aliphatic carboxylic acids is 1. The number of rotatable bonds is 2. The van der Waals surface area contributed by atoms with E-state index >= 15 is 0 Å². The second-order valence-electron chi connectivity index (χ2n) is 2.32. The fraction of sp³-hybridized carbons (Fsp3) is 0.429. The Morgan fingerprint density at radius 3 is 3.09 bits per heavy atom. The van der Waals surface area contributed by atoms with Crippen LogP contribution in [0.25, 0.3) is 0 Å². The van der Waals surface area contributed by atoms with Gasteiger partial charge in [-0.3, -0.25) is 0 Å². The zero-order valence-electron chi connectivity index (χ0n) is 6.37. The van der Waals surface area contributed by atoms with Crippen LogP contribution in [0.4, 0.5) is 0 Å². The van der Waals surface area contributed by atoms with Crippen LogP contribution in [0.1, 0.15) is 6.42 Å². The highest BCUT2D eigenvalue weighted by Crippen LogP contribution is 2.07. The third kappa shape index (κ3) is 1.93. The number of aliphatic imine (C=N–C) groups is 1. The van der Waals surface area contributed by atoms with Crippen LogP contribution in [0.3, 0.4) is 0 Å². The molecule has 1 heterocycles. The average molecular weight is 150 g/mol. The number of nitrogens with zero attached hydrogens (tertiary/aromatic N) is 1. The molecule has 0 unspecified atom stereocenters. The predicted octanol–water partition coefficient (Wildman–Crippen LogP) is 0.552. The lowest BCUT2D eigenvalue weighted by molar-refractivity contribution is -0.132. The molecule has 1 aliphatic rings. The number of carboxylic acid groups (broad SMARTS) is 1. The summed E-state index contributed by atoms with van der Waals surface area (Å²) in [4.78, 5) is 14.6. The molecule has 11 heavy (non-hydrogen) atoms. The second-order valence-corrected chi connectivity index (χ2v) is 2.32. The van der Waals surface area contributed by atoms with Crippen LogP contribution in [-0.2, 0) is 4.79 Å². The van der Waals surface area contributed by atoms with E-state index in [0.717, 1.165) is 5.61 Å². The molecule has 1 N–H and O–H groups in total. The summed E-state index contributed by atoms with van der Waals surface area (Å²) in [5.74, 6) is -0.834. The SMILES string of the molecule is C[B]C1=NCCC(C(=O)O)=C1. The van der Waals surface area contributed by atoms with Crippen molar-refractivity contribution >= 4 is 18.9 Å². The highest BCUT2D eigenvalue weighted by atomic mass is 16.4. The van der Waals surface area contributed by atoms with Gasteiger partial charge in [-0.2, -0.15) is 0 Å². The minimum absolute atomic E-state index is 0.452. The number of hydrogen-bond acceptors (Lipinski definition) is 2. The van der Waals surface area contributed by atoms with E-state index in [4.69, 9.17) is 5.11 Å². The first-order valence-electron chi connectivity index (χ1n) is 3.51. The van der Waals surface area contributed by atoms with Crippen LogP contribution >= 0.6 is 0 Å². The van der Waals surface area contributed by atoms with E-state index in [2.05, 4.69) is 4.99 Å². The van der Waals surface area contributed by atoms with Crippen LogP contribution in [0.15, 0.2) is 16.6 Å². The summed E-state index contributed by atoms with van der Waals surface area (Å²) in [5.41, 5.74) is 1.22. The van der Waals surface area contributed by atoms with Crippen molar-refractivity contribution in [1.82, 2.24) is 0 Å². The van der Waals surface area contributed by atoms with Gasteiger partial charge in [-0.15, -0.1) is 0 Å². The molecule has 0 aromatic rings. The Hall–Kier alpha value is -1.06. The highest BCUT2D eigenvalue weighted by molar-refractivity contribution is 6.77. The van der Waals surface area contributed by atoms with E-state index in [-0.39, 0.29) is 0 Å². The molecular formula is C7H9BNO2. The van der Waals surface area contributed by atoms with Crippen molar-refractivity contribution in [3.63, 3.8) is 0 Å². The van der Waals surface area contributed by atoms with E-state index in [0.29, 0.717) is 18.5 Å². The van der Waals surface area contributed by atoms with Gasteiger partial charge >= 0.3 is 5.97 Å². The molecule has 0 amide bonds. The lowest BCUT2D eigenvalue weighted by atomic mass is 9.74. The summed E-state index contributed by atoms with van der Waals surface area (Å²) in [6, 6.07) is 0. The molecule has 3 nitrogen and oxygen atoms in total. The van der Waals surface area contributed by atoms with Gasteiger partial charge in [0, 0.05) is 12.1 Å². The van der Waals surface area contributed by atoms with E-state index in [1.54, 1.807) is 6.08 Å². The predicted molar refractivity (Wildman–Crippen MR) is 44.3 cm³/mol. The van der Waals surface area contributed by atoms with Crippen molar-refractivity contribution in [3.05, 3.63) is 11.6 Å². The first-order valence-corrected chi connectivity index (χ1v) is 3.51. The molecule has 0 spiro atoms. The van der Waals surface area contributed by atoms with Crippen molar-refractivity contribution < 1.29 is 9.90 Å². The van der Waals surface area contributed by atoms with Crippen LogP contribution in [-0.4, -0.2) is 30.5 Å². The molecule has 0 atom stereocenters. The van der Waals surface area contributed by atoms with Gasteiger partial charge in [-0.25, -0.2) is 4.79 Å². The van der Waals surface area contributed by atoms with Crippen molar-refractivity contribution in [2.75, 3.05) is 6.54 Å². The maximum Gasteiger partial charge on any atom is 0.331 e. The molecule has 4 heteroatoms.